The molecule has 0 atom stereocenters. The lowest BCUT2D eigenvalue weighted by atomic mass is 10.2. The normalized spacial score (nSPS) is 9.08. The van der Waals surface area contributed by atoms with Crippen molar-refractivity contribution in [1.29, 1.82) is 0 Å². The molecule has 0 aromatic heterocycles. The summed E-state index contributed by atoms with van der Waals surface area (Å²) in [5.41, 5.74) is 2.27. The zero-order valence-electron chi connectivity index (χ0n) is 6.89. The number of nitrogens with one attached hydrogen (secondary N) is 1. The summed E-state index contributed by atoms with van der Waals surface area (Å²) in [6.07, 6.45) is 5.12. The molecule has 0 radical (unpaired) electrons. The van der Waals surface area contributed by atoms with Crippen LogP contribution in [0.1, 0.15) is 5.56 Å². The van der Waals surface area contributed by atoms with E-state index in [1.165, 1.54) is 5.56 Å². The largest absolute Gasteiger partial charge is 0.374 e. The van der Waals surface area contributed by atoms with Gasteiger partial charge in [-0.15, -0.1) is 6.42 Å². The Morgan fingerprint density at radius 1 is 1.58 bits per heavy atom. The number of hydrogen-bond acceptors (Lipinski definition) is 1. The SMILES string of the molecule is C#CCNc1ccc(Br)c(C)c1. The minimum Gasteiger partial charge on any atom is -0.374 e. The lowest BCUT2D eigenvalue weighted by Crippen LogP contribution is -1.98. The highest BCUT2D eigenvalue weighted by molar-refractivity contribution is 9.10. The van der Waals surface area contributed by atoms with Crippen molar-refractivity contribution >= 4 is 21.6 Å². The molecule has 0 spiro atoms. The molecule has 0 fully saturated rings. The van der Waals surface area contributed by atoms with Gasteiger partial charge in [-0.05, 0) is 30.7 Å². The van der Waals surface area contributed by atoms with Gasteiger partial charge in [-0.25, -0.2) is 0 Å². The highest BCUT2D eigenvalue weighted by atomic mass is 79.9. The summed E-state index contributed by atoms with van der Waals surface area (Å²) in [5, 5.41) is 3.11. The van der Waals surface area contributed by atoms with E-state index in [-0.39, 0.29) is 0 Å². The van der Waals surface area contributed by atoms with Crippen LogP contribution in [-0.2, 0) is 0 Å². The van der Waals surface area contributed by atoms with E-state index < -0.39 is 0 Å². The van der Waals surface area contributed by atoms with Crippen LogP contribution in [0.5, 0.6) is 0 Å². The molecule has 0 aliphatic heterocycles. The second-order valence-electron chi connectivity index (χ2n) is 2.52. The molecule has 12 heavy (non-hydrogen) atoms. The van der Waals surface area contributed by atoms with E-state index in [0.717, 1.165) is 10.2 Å². The Kier molecular flexibility index (Phi) is 3.19. The fraction of sp³-hybridized carbons (Fsp3) is 0.200. The molecule has 0 unspecified atom stereocenters. The fourth-order valence-corrected chi connectivity index (χ4v) is 1.15. The fourth-order valence-electron chi connectivity index (χ4n) is 0.908. The average Bonchev–Trinajstić information content (AvgIpc) is 2.07. The van der Waals surface area contributed by atoms with Crippen LogP contribution in [0.15, 0.2) is 22.7 Å². The Balaban J connectivity index is 2.77. The van der Waals surface area contributed by atoms with Crippen LogP contribution in [0.25, 0.3) is 0 Å². The van der Waals surface area contributed by atoms with E-state index in [1.54, 1.807) is 0 Å². The zero-order valence-corrected chi connectivity index (χ0v) is 8.48. The third-order valence-electron chi connectivity index (χ3n) is 1.55. The average molecular weight is 224 g/mol. The molecule has 0 aliphatic rings. The number of halogens is 1. The minimum absolute atomic E-state index is 0.571. The van der Waals surface area contributed by atoms with Crippen LogP contribution in [-0.4, -0.2) is 6.54 Å². The van der Waals surface area contributed by atoms with Gasteiger partial charge in [0.25, 0.3) is 0 Å². The molecular formula is C10H10BrN. The summed E-state index contributed by atoms with van der Waals surface area (Å²) < 4.78 is 1.12. The van der Waals surface area contributed by atoms with Gasteiger partial charge in [0.1, 0.15) is 0 Å². The summed E-state index contributed by atoms with van der Waals surface area (Å²) in [6, 6.07) is 6.06. The van der Waals surface area contributed by atoms with Gasteiger partial charge in [0.2, 0.25) is 0 Å². The van der Waals surface area contributed by atoms with Crippen LogP contribution in [0, 0.1) is 19.3 Å². The van der Waals surface area contributed by atoms with Crippen LogP contribution >= 0.6 is 15.9 Å². The van der Waals surface area contributed by atoms with Crippen molar-refractivity contribution in [3.05, 3.63) is 28.2 Å². The highest BCUT2D eigenvalue weighted by Crippen LogP contribution is 2.19. The smallest absolute Gasteiger partial charge is 0.0763 e. The third-order valence-corrected chi connectivity index (χ3v) is 2.44. The van der Waals surface area contributed by atoms with Crippen LogP contribution in [0.4, 0.5) is 5.69 Å². The summed E-state index contributed by atoms with van der Waals surface area (Å²) in [7, 11) is 0. The minimum atomic E-state index is 0.571. The third kappa shape index (κ3) is 2.28. The molecule has 0 saturated carbocycles. The Hall–Kier alpha value is -0.940. The van der Waals surface area contributed by atoms with Gasteiger partial charge in [-0.1, -0.05) is 21.9 Å². The second kappa shape index (κ2) is 4.18. The molecule has 0 amide bonds. The first-order chi connectivity index (χ1) is 5.74. The molecule has 1 aromatic carbocycles. The van der Waals surface area contributed by atoms with Crippen molar-refractivity contribution < 1.29 is 0 Å². The van der Waals surface area contributed by atoms with E-state index in [0.29, 0.717) is 6.54 Å². The summed E-state index contributed by atoms with van der Waals surface area (Å²) in [6.45, 7) is 2.62. The molecule has 62 valence electrons. The molecule has 2 heteroatoms. The Morgan fingerprint density at radius 2 is 2.33 bits per heavy atom. The Labute approximate surface area is 81.3 Å². The van der Waals surface area contributed by atoms with E-state index in [4.69, 9.17) is 6.42 Å². The molecule has 1 nitrogen and oxygen atoms in total. The van der Waals surface area contributed by atoms with E-state index >= 15 is 0 Å². The van der Waals surface area contributed by atoms with E-state index in [2.05, 4.69) is 33.2 Å². The number of rotatable bonds is 2. The van der Waals surface area contributed by atoms with Crippen molar-refractivity contribution in [3.63, 3.8) is 0 Å². The van der Waals surface area contributed by atoms with Crippen molar-refractivity contribution in [2.24, 2.45) is 0 Å². The van der Waals surface area contributed by atoms with Crippen LogP contribution in [0.2, 0.25) is 0 Å². The van der Waals surface area contributed by atoms with Gasteiger partial charge in [0, 0.05) is 10.2 Å². The maximum absolute atomic E-state index is 5.12. The number of benzene rings is 1. The maximum atomic E-state index is 5.12. The summed E-state index contributed by atoms with van der Waals surface area (Å²) in [4.78, 5) is 0. The molecule has 0 aliphatic carbocycles. The van der Waals surface area contributed by atoms with Crippen LogP contribution < -0.4 is 5.32 Å². The van der Waals surface area contributed by atoms with Gasteiger partial charge in [-0.2, -0.15) is 0 Å². The first-order valence-electron chi connectivity index (χ1n) is 3.67. The lowest BCUT2D eigenvalue weighted by Gasteiger charge is -2.04. The van der Waals surface area contributed by atoms with Crippen molar-refractivity contribution in [1.82, 2.24) is 0 Å². The second-order valence-corrected chi connectivity index (χ2v) is 3.38. The van der Waals surface area contributed by atoms with Gasteiger partial charge >= 0.3 is 0 Å². The number of anilines is 1. The Bertz CT molecular complexity index is 312. The van der Waals surface area contributed by atoms with Crippen molar-refractivity contribution in [2.75, 3.05) is 11.9 Å². The molecule has 1 aromatic rings. The molecular weight excluding hydrogens is 214 g/mol. The topological polar surface area (TPSA) is 12.0 Å². The molecule has 0 heterocycles. The lowest BCUT2D eigenvalue weighted by molar-refractivity contribution is 1.34. The number of hydrogen-bond donors (Lipinski definition) is 1. The Morgan fingerprint density at radius 3 is 2.92 bits per heavy atom. The van der Waals surface area contributed by atoms with Gasteiger partial charge in [0.05, 0.1) is 6.54 Å². The first kappa shape index (κ1) is 9.15. The highest BCUT2D eigenvalue weighted by Gasteiger charge is 1.94. The van der Waals surface area contributed by atoms with Gasteiger partial charge in [0.15, 0.2) is 0 Å². The molecule has 1 N–H and O–H groups in total. The monoisotopic (exact) mass is 223 g/mol. The zero-order chi connectivity index (χ0) is 8.97. The quantitative estimate of drug-likeness (QED) is 0.761. The van der Waals surface area contributed by atoms with E-state index in [1.807, 2.05) is 19.1 Å². The first-order valence-corrected chi connectivity index (χ1v) is 4.47. The number of terminal acetylenes is 1. The van der Waals surface area contributed by atoms with Crippen LogP contribution in [0.3, 0.4) is 0 Å². The van der Waals surface area contributed by atoms with Gasteiger partial charge < -0.3 is 5.32 Å². The van der Waals surface area contributed by atoms with Gasteiger partial charge in [-0.3, -0.25) is 0 Å². The van der Waals surface area contributed by atoms with Crippen molar-refractivity contribution in [2.45, 2.75) is 6.92 Å². The predicted molar refractivity (Wildman–Crippen MR) is 56.2 cm³/mol. The summed E-state index contributed by atoms with van der Waals surface area (Å²) in [5.74, 6) is 2.53. The van der Waals surface area contributed by atoms with Crippen molar-refractivity contribution in [3.8, 4) is 12.3 Å². The molecule has 0 bridgehead atoms. The maximum Gasteiger partial charge on any atom is 0.0763 e. The molecule has 0 saturated heterocycles. The van der Waals surface area contributed by atoms with E-state index in [9.17, 15) is 0 Å². The summed E-state index contributed by atoms with van der Waals surface area (Å²) >= 11 is 3.43. The predicted octanol–water partition coefficient (Wildman–Crippen LogP) is 2.80. The molecule has 1 rings (SSSR count). The standard InChI is InChI=1S/C10H10BrN/c1-3-6-12-9-4-5-10(11)8(2)7-9/h1,4-5,7,12H,6H2,2H3. The number of aryl methyl sites for hydroxylation is 1.